The molecule has 2 unspecified atom stereocenters. The molecular weight excluding hydrogens is 507 g/mol. The second-order valence-electron chi connectivity index (χ2n) is 9.12. The normalized spacial score (nSPS) is 23.2. The van der Waals surface area contributed by atoms with E-state index in [-0.39, 0.29) is 42.2 Å². The minimum absolute atomic E-state index is 0. The quantitative estimate of drug-likeness (QED) is 0.246. The van der Waals surface area contributed by atoms with Crippen LogP contribution < -0.4 is 10.6 Å². The first kappa shape index (κ1) is 25.7. The second kappa shape index (κ2) is 11.9. The fraction of sp³-hybridized carbons (Fsp3) is 0.652. The molecule has 2 fully saturated rings. The van der Waals surface area contributed by atoms with Crippen LogP contribution in [-0.4, -0.2) is 60.9 Å². The maximum atomic E-state index is 12.6. The zero-order chi connectivity index (χ0) is 21.6. The maximum Gasteiger partial charge on any atom is 0.410 e. The van der Waals surface area contributed by atoms with Gasteiger partial charge >= 0.3 is 6.09 Å². The number of fused-ring (bicyclic) bond motifs is 2. The van der Waals surface area contributed by atoms with E-state index in [1.54, 1.807) is 7.05 Å². The molecule has 2 aliphatic rings. The van der Waals surface area contributed by atoms with E-state index < -0.39 is 5.60 Å². The number of guanidine groups is 1. The fourth-order valence-corrected chi connectivity index (χ4v) is 4.30. The molecule has 3 rings (SSSR count). The van der Waals surface area contributed by atoms with Crippen molar-refractivity contribution in [1.29, 1.82) is 0 Å². The zero-order valence-electron chi connectivity index (χ0n) is 19.1. The predicted octanol–water partition coefficient (Wildman–Crippen LogP) is 3.92. The van der Waals surface area contributed by atoms with Crippen molar-refractivity contribution >= 4 is 36.0 Å². The van der Waals surface area contributed by atoms with Crippen molar-refractivity contribution in [2.45, 2.75) is 76.8 Å². The van der Waals surface area contributed by atoms with Gasteiger partial charge < -0.3 is 25.0 Å². The number of benzene rings is 1. The molecule has 0 saturated carbocycles. The summed E-state index contributed by atoms with van der Waals surface area (Å²) in [5.41, 5.74) is 0.715. The van der Waals surface area contributed by atoms with Crippen LogP contribution in [0, 0.1) is 0 Å². The summed E-state index contributed by atoms with van der Waals surface area (Å²) >= 11 is 0. The van der Waals surface area contributed by atoms with Crippen molar-refractivity contribution < 1.29 is 14.3 Å². The molecule has 1 aromatic carbocycles. The third kappa shape index (κ3) is 7.82. The first-order chi connectivity index (χ1) is 14.4. The van der Waals surface area contributed by atoms with Gasteiger partial charge in [0.15, 0.2) is 5.96 Å². The lowest BCUT2D eigenvalue weighted by Gasteiger charge is -2.40. The van der Waals surface area contributed by atoms with Crippen LogP contribution in [0.1, 0.15) is 52.0 Å². The van der Waals surface area contributed by atoms with Crippen LogP contribution >= 0.6 is 24.0 Å². The van der Waals surface area contributed by atoms with Gasteiger partial charge in [-0.1, -0.05) is 30.3 Å². The Morgan fingerprint density at radius 3 is 2.39 bits per heavy atom. The largest absolute Gasteiger partial charge is 0.444 e. The van der Waals surface area contributed by atoms with Crippen LogP contribution in [0.25, 0.3) is 0 Å². The summed E-state index contributed by atoms with van der Waals surface area (Å²) in [6.07, 6.45) is 3.75. The van der Waals surface area contributed by atoms with E-state index in [9.17, 15) is 4.79 Å². The number of amides is 1. The number of hydrogen-bond donors (Lipinski definition) is 2. The molecule has 8 heteroatoms. The summed E-state index contributed by atoms with van der Waals surface area (Å²) in [6.45, 7) is 7.66. The van der Waals surface area contributed by atoms with Gasteiger partial charge in [-0.3, -0.25) is 4.99 Å². The van der Waals surface area contributed by atoms with E-state index in [0.717, 1.165) is 31.6 Å². The molecule has 2 saturated heterocycles. The second-order valence-corrected chi connectivity index (χ2v) is 9.12. The average molecular weight is 544 g/mol. The lowest BCUT2D eigenvalue weighted by atomic mass is 9.98. The SMILES string of the molecule is CN=C(NCCOCc1ccccc1)NC1CC2CCC(C1)N2C(=O)OC(C)(C)C.I. The molecule has 1 amide bonds. The maximum absolute atomic E-state index is 12.6. The molecule has 2 aliphatic heterocycles. The third-order valence-electron chi connectivity index (χ3n) is 5.55. The first-order valence-electron chi connectivity index (χ1n) is 11.0. The number of aliphatic imine (C=N–C) groups is 1. The topological polar surface area (TPSA) is 75.2 Å². The van der Waals surface area contributed by atoms with Gasteiger partial charge in [0.05, 0.1) is 13.2 Å². The van der Waals surface area contributed by atoms with Crippen molar-refractivity contribution in [3.63, 3.8) is 0 Å². The minimum Gasteiger partial charge on any atom is -0.444 e. The van der Waals surface area contributed by atoms with Gasteiger partial charge in [0.1, 0.15) is 5.60 Å². The Bertz CT molecular complexity index is 709. The molecule has 0 spiro atoms. The molecule has 0 aliphatic carbocycles. The van der Waals surface area contributed by atoms with Crippen LogP contribution in [0.4, 0.5) is 4.79 Å². The van der Waals surface area contributed by atoms with E-state index in [1.807, 2.05) is 43.9 Å². The highest BCUT2D eigenvalue weighted by Gasteiger charge is 2.45. The monoisotopic (exact) mass is 544 g/mol. The number of hydrogen-bond acceptors (Lipinski definition) is 4. The lowest BCUT2D eigenvalue weighted by molar-refractivity contribution is 0.00544. The van der Waals surface area contributed by atoms with Crippen molar-refractivity contribution in [2.75, 3.05) is 20.2 Å². The number of nitrogens with zero attached hydrogens (tertiary/aromatic N) is 2. The molecule has 31 heavy (non-hydrogen) atoms. The van der Waals surface area contributed by atoms with E-state index in [4.69, 9.17) is 9.47 Å². The number of rotatable bonds is 6. The number of ether oxygens (including phenoxy) is 2. The Morgan fingerprint density at radius 1 is 1.16 bits per heavy atom. The number of carbonyl (C=O) groups excluding carboxylic acids is 1. The molecule has 7 nitrogen and oxygen atoms in total. The Kier molecular flexibility index (Phi) is 9.87. The molecule has 0 radical (unpaired) electrons. The van der Waals surface area contributed by atoms with Gasteiger partial charge in [-0.25, -0.2) is 4.79 Å². The highest BCUT2D eigenvalue weighted by Crippen LogP contribution is 2.36. The van der Waals surface area contributed by atoms with Crippen LogP contribution in [0.15, 0.2) is 35.3 Å². The summed E-state index contributed by atoms with van der Waals surface area (Å²) in [4.78, 5) is 18.9. The van der Waals surface area contributed by atoms with Crippen LogP contribution in [-0.2, 0) is 16.1 Å². The van der Waals surface area contributed by atoms with Crippen LogP contribution in [0.5, 0.6) is 0 Å². The van der Waals surface area contributed by atoms with Gasteiger partial charge in [0.2, 0.25) is 0 Å². The number of nitrogens with one attached hydrogen (secondary N) is 2. The minimum atomic E-state index is -0.458. The van der Waals surface area contributed by atoms with E-state index in [2.05, 4.69) is 27.8 Å². The van der Waals surface area contributed by atoms with E-state index in [1.165, 1.54) is 5.56 Å². The Labute approximate surface area is 203 Å². The van der Waals surface area contributed by atoms with Crippen molar-refractivity contribution in [1.82, 2.24) is 15.5 Å². The molecule has 1 aromatic rings. The summed E-state index contributed by atoms with van der Waals surface area (Å²) in [6, 6.07) is 10.9. The van der Waals surface area contributed by atoms with Crippen molar-refractivity contribution in [3.8, 4) is 0 Å². The van der Waals surface area contributed by atoms with Crippen LogP contribution in [0.3, 0.4) is 0 Å². The van der Waals surface area contributed by atoms with Crippen molar-refractivity contribution in [2.24, 2.45) is 4.99 Å². The van der Waals surface area contributed by atoms with E-state index >= 15 is 0 Å². The Hall–Kier alpha value is -1.55. The van der Waals surface area contributed by atoms with Gasteiger partial charge in [-0.05, 0) is 52.0 Å². The summed E-state index contributed by atoms with van der Waals surface area (Å²) in [5.74, 6) is 0.786. The van der Waals surface area contributed by atoms with E-state index in [0.29, 0.717) is 25.8 Å². The summed E-state index contributed by atoms with van der Waals surface area (Å²) in [5, 5.41) is 6.85. The van der Waals surface area contributed by atoms with Gasteiger partial charge in [0.25, 0.3) is 0 Å². The Balaban J connectivity index is 0.00000341. The molecule has 2 atom stereocenters. The summed E-state index contributed by atoms with van der Waals surface area (Å²) in [7, 11) is 1.78. The zero-order valence-corrected chi connectivity index (χ0v) is 21.4. The number of piperidine rings is 1. The molecule has 2 N–H and O–H groups in total. The lowest BCUT2D eigenvalue weighted by Crippen LogP contribution is -2.55. The molecule has 2 heterocycles. The number of halogens is 1. The molecule has 174 valence electrons. The van der Waals surface area contributed by atoms with Gasteiger partial charge in [0, 0.05) is 31.7 Å². The van der Waals surface area contributed by atoms with Crippen LogP contribution in [0.2, 0.25) is 0 Å². The third-order valence-corrected chi connectivity index (χ3v) is 5.55. The first-order valence-corrected chi connectivity index (χ1v) is 11.0. The van der Waals surface area contributed by atoms with Gasteiger partial charge in [-0.15, -0.1) is 24.0 Å². The highest BCUT2D eigenvalue weighted by atomic mass is 127. The fourth-order valence-electron chi connectivity index (χ4n) is 4.30. The molecule has 0 aromatic heterocycles. The van der Waals surface area contributed by atoms with Crippen molar-refractivity contribution in [3.05, 3.63) is 35.9 Å². The summed E-state index contributed by atoms with van der Waals surface area (Å²) < 4.78 is 11.3. The Morgan fingerprint density at radius 2 is 1.81 bits per heavy atom. The smallest absolute Gasteiger partial charge is 0.410 e. The molecule has 2 bridgehead atoms. The molecular formula is C23H37IN4O3. The number of carbonyl (C=O) groups is 1. The van der Waals surface area contributed by atoms with Gasteiger partial charge in [-0.2, -0.15) is 0 Å². The standard InChI is InChI=1S/C23H36N4O3.HI/c1-23(2,3)30-22(28)27-19-10-11-20(27)15-18(14-19)26-21(24-4)25-12-13-29-16-17-8-6-5-7-9-17;/h5-9,18-20H,10-16H2,1-4H3,(H2,24,25,26);1H. The highest BCUT2D eigenvalue weighted by molar-refractivity contribution is 14.0. The average Bonchev–Trinajstić information content (AvgIpc) is 2.97. The predicted molar refractivity (Wildman–Crippen MR) is 134 cm³/mol.